The van der Waals surface area contributed by atoms with Crippen LogP contribution in [-0.4, -0.2) is 10.7 Å². The Bertz CT molecular complexity index is 338. The summed E-state index contributed by atoms with van der Waals surface area (Å²) in [5.74, 6) is 0.349. The van der Waals surface area contributed by atoms with Gasteiger partial charge in [0.25, 0.3) is 0 Å². The minimum atomic E-state index is -0.115. The molecule has 0 aliphatic rings. The molecule has 1 rings (SSSR count). The lowest BCUT2D eigenvalue weighted by Gasteiger charge is -2.13. The topological polar surface area (TPSA) is 29.1 Å². The van der Waals surface area contributed by atoms with Crippen molar-refractivity contribution in [1.29, 1.82) is 0 Å². The van der Waals surface area contributed by atoms with Gasteiger partial charge in [-0.2, -0.15) is 0 Å². The Kier molecular flexibility index (Phi) is 5.29. The number of hydrogen-bond donors (Lipinski definition) is 1. The van der Waals surface area contributed by atoms with Gasteiger partial charge in [0.05, 0.1) is 11.4 Å². The molecule has 5 heteroatoms. The highest BCUT2D eigenvalue weighted by Gasteiger charge is 2.18. The highest BCUT2D eigenvalue weighted by Crippen LogP contribution is 2.22. The molecule has 0 radical (unpaired) electrons. The standard InChI is InChI=1S/C10H13Br2NOS/c1-6(2)9(12)10(14)13-5-8-7(11)3-4-15-8/h3-4,6,9H,5H2,1-2H3,(H,13,14). The molecular formula is C10H13Br2NOS. The van der Waals surface area contributed by atoms with Crippen molar-refractivity contribution >= 4 is 49.1 Å². The smallest absolute Gasteiger partial charge is 0.234 e. The van der Waals surface area contributed by atoms with E-state index in [0.29, 0.717) is 12.5 Å². The Labute approximate surface area is 111 Å². The molecule has 1 aromatic rings. The molecule has 1 atom stereocenters. The quantitative estimate of drug-likeness (QED) is 0.823. The second-order valence-electron chi connectivity index (χ2n) is 3.56. The molecule has 1 heterocycles. The first-order valence-electron chi connectivity index (χ1n) is 4.66. The molecular weight excluding hydrogens is 342 g/mol. The van der Waals surface area contributed by atoms with Crippen LogP contribution in [0.25, 0.3) is 0 Å². The van der Waals surface area contributed by atoms with Crippen molar-refractivity contribution in [2.45, 2.75) is 25.2 Å². The van der Waals surface area contributed by atoms with Gasteiger partial charge < -0.3 is 5.32 Å². The summed E-state index contributed by atoms with van der Waals surface area (Å²) in [6, 6.07) is 1.99. The summed E-state index contributed by atoms with van der Waals surface area (Å²) in [7, 11) is 0. The SMILES string of the molecule is CC(C)C(Br)C(=O)NCc1sccc1Br. The van der Waals surface area contributed by atoms with Crippen molar-refractivity contribution in [3.8, 4) is 0 Å². The first-order valence-corrected chi connectivity index (χ1v) is 7.25. The number of rotatable bonds is 4. The molecule has 15 heavy (non-hydrogen) atoms. The van der Waals surface area contributed by atoms with E-state index in [2.05, 4.69) is 37.2 Å². The van der Waals surface area contributed by atoms with Crippen molar-refractivity contribution in [3.63, 3.8) is 0 Å². The Morgan fingerprint density at radius 1 is 1.60 bits per heavy atom. The molecule has 1 N–H and O–H groups in total. The first-order chi connectivity index (χ1) is 7.02. The molecule has 84 valence electrons. The molecule has 2 nitrogen and oxygen atoms in total. The summed E-state index contributed by atoms with van der Waals surface area (Å²) in [6.45, 7) is 4.62. The molecule has 1 amide bonds. The molecule has 0 aliphatic heterocycles. The Morgan fingerprint density at radius 3 is 2.73 bits per heavy atom. The maximum absolute atomic E-state index is 11.6. The largest absolute Gasteiger partial charge is 0.350 e. The maximum atomic E-state index is 11.6. The van der Waals surface area contributed by atoms with Gasteiger partial charge in [-0.05, 0) is 33.3 Å². The second kappa shape index (κ2) is 6.01. The summed E-state index contributed by atoms with van der Waals surface area (Å²) in [5, 5.41) is 4.90. The lowest BCUT2D eigenvalue weighted by molar-refractivity contribution is -0.121. The predicted molar refractivity (Wildman–Crippen MR) is 71.4 cm³/mol. The summed E-state index contributed by atoms with van der Waals surface area (Å²) in [5.41, 5.74) is 0. The predicted octanol–water partition coefficient (Wildman–Crippen LogP) is 3.55. The van der Waals surface area contributed by atoms with Crippen LogP contribution in [0.5, 0.6) is 0 Å². The molecule has 0 aliphatic carbocycles. The van der Waals surface area contributed by atoms with Crippen LogP contribution in [0.4, 0.5) is 0 Å². The van der Waals surface area contributed by atoms with Gasteiger partial charge in [0.15, 0.2) is 0 Å². The number of alkyl halides is 1. The van der Waals surface area contributed by atoms with E-state index in [0.717, 1.165) is 9.35 Å². The Hall–Kier alpha value is 0.130. The van der Waals surface area contributed by atoms with Gasteiger partial charge in [-0.25, -0.2) is 0 Å². The number of thiophene rings is 1. The molecule has 0 saturated carbocycles. The van der Waals surface area contributed by atoms with Crippen LogP contribution in [-0.2, 0) is 11.3 Å². The minimum absolute atomic E-state index is 0.0466. The molecule has 0 bridgehead atoms. The molecule has 1 aromatic heterocycles. The van der Waals surface area contributed by atoms with Gasteiger partial charge in [-0.1, -0.05) is 29.8 Å². The first kappa shape index (κ1) is 13.2. The van der Waals surface area contributed by atoms with Crippen molar-refractivity contribution in [2.24, 2.45) is 5.92 Å². The number of halogens is 2. The van der Waals surface area contributed by atoms with E-state index in [1.54, 1.807) is 11.3 Å². The van der Waals surface area contributed by atoms with E-state index >= 15 is 0 Å². The van der Waals surface area contributed by atoms with E-state index in [9.17, 15) is 4.79 Å². The van der Waals surface area contributed by atoms with Crippen molar-refractivity contribution in [3.05, 3.63) is 20.8 Å². The molecule has 0 spiro atoms. The Morgan fingerprint density at radius 2 is 2.27 bits per heavy atom. The average Bonchev–Trinajstić information content (AvgIpc) is 2.59. The zero-order valence-electron chi connectivity index (χ0n) is 8.59. The van der Waals surface area contributed by atoms with E-state index in [4.69, 9.17) is 0 Å². The van der Waals surface area contributed by atoms with Crippen molar-refractivity contribution in [2.75, 3.05) is 0 Å². The van der Waals surface area contributed by atoms with E-state index in [-0.39, 0.29) is 10.7 Å². The average molecular weight is 355 g/mol. The fourth-order valence-corrected chi connectivity index (χ4v) is 2.61. The van der Waals surface area contributed by atoms with Crippen LogP contribution < -0.4 is 5.32 Å². The van der Waals surface area contributed by atoms with E-state index < -0.39 is 0 Å². The maximum Gasteiger partial charge on any atom is 0.234 e. The van der Waals surface area contributed by atoms with Crippen LogP contribution in [0.15, 0.2) is 15.9 Å². The van der Waals surface area contributed by atoms with Gasteiger partial charge in [0.2, 0.25) is 5.91 Å². The Balaban J connectivity index is 2.44. The van der Waals surface area contributed by atoms with E-state index in [1.807, 2.05) is 25.3 Å². The molecule has 0 aromatic carbocycles. The zero-order valence-corrected chi connectivity index (χ0v) is 12.6. The van der Waals surface area contributed by atoms with Crippen LogP contribution >= 0.6 is 43.2 Å². The van der Waals surface area contributed by atoms with Crippen LogP contribution in [0.3, 0.4) is 0 Å². The third-order valence-corrected chi connectivity index (χ3v) is 5.35. The van der Waals surface area contributed by atoms with Crippen molar-refractivity contribution < 1.29 is 4.79 Å². The number of hydrogen-bond acceptors (Lipinski definition) is 2. The van der Waals surface area contributed by atoms with Gasteiger partial charge in [-0.3, -0.25) is 4.79 Å². The minimum Gasteiger partial charge on any atom is -0.350 e. The van der Waals surface area contributed by atoms with Gasteiger partial charge in [-0.15, -0.1) is 11.3 Å². The second-order valence-corrected chi connectivity index (χ2v) is 6.40. The number of carbonyl (C=O) groups excluding carboxylic acids is 1. The molecule has 0 saturated heterocycles. The van der Waals surface area contributed by atoms with Crippen molar-refractivity contribution in [1.82, 2.24) is 5.32 Å². The summed E-state index contributed by atoms with van der Waals surface area (Å²) < 4.78 is 1.06. The highest BCUT2D eigenvalue weighted by molar-refractivity contribution is 9.10. The van der Waals surface area contributed by atoms with Gasteiger partial charge in [0, 0.05) is 9.35 Å². The fourth-order valence-electron chi connectivity index (χ4n) is 1.02. The highest BCUT2D eigenvalue weighted by atomic mass is 79.9. The van der Waals surface area contributed by atoms with Crippen LogP contribution in [0.2, 0.25) is 0 Å². The molecule has 0 fully saturated rings. The third kappa shape index (κ3) is 3.89. The fraction of sp³-hybridized carbons (Fsp3) is 0.500. The number of nitrogens with one attached hydrogen (secondary N) is 1. The lowest BCUT2D eigenvalue weighted by Crippen LogP contribution is -2.33. The third-order valence-electron chi connectivity index (χ3n) is 1.95. The number of carbonyl (C=O) groups is 1. The van der Waals surface area contributed by atoms with Crippen LogP contribution in [0.1, 0.15) is 18.7 Å². The summed E-state index contributed by atoms with van der Waals surface area (Å²) >= 11 is 8.43. The molecule has 1 unspecified atom stereocenters. The normalized spacial score (nSPS) is 12.9. The van der Waals surface area contributed by atoms with Crippen LogP contribution in [0, 0.1) is 5.92 Å². The lowest BCUT2D eigenvalue weighted by atomic mass is 10.1. The van der Waals surface area contributed by atoms with Gasteiger partial charge >= 0.3 is 0 Å². The summed E-state index contributed by atoms with van der Waals surface area (Å²) in [6.07, 6.45) is 0. The number of amides is 1. The summed E-state index contributed by atoms with van der Waals surface area (Å²) in [4.78, 5) is 12.7. The zero-order chi connectivity index (χ0) is 11.4. The van der Waals surface area contributed by atoms with Gasteiger partial charge in [0.1, 0.15) is 0 Å². The van der Waals surface area contributed by atoms with E-state index in [1.165, 1.54) is 0 Å². The monoisotopic (exact) mass is 353 g/mol.